The minimum Gasteiger partial charge on any atom is -0.462 e. The SMILES string of the molecule is CCCCC/C=C\C/C=C\C/C=C\C/C=C\CCCC(=O)OC[C@H](COP(=O)(O)OC1[C@H](O)[C@H](O)C(O)[C@H](O)[C@H]1O)OC(=O)CCC/C=C\C/C=C\CC1OC1C/C=C\CCCCC. The molecule has 1 saturated heterocycles. The smallest absolute Gasteiger partial charge is 0.462 e. The molecule has 5 unspecified atom stereocenters. The number of carbonyl (C=O) groups excluding carboxylic acids is 2. The van der Waals surface area contributed by atoms with Crippen molar-refractivity contribution < 1.29 is 67.8 Å². The fourth-order valence-corrected chi connectivity index (χ4v) is 7.64. The van der Waals surface area contributed by atoms with Crippen LogP contribution < -0.4 is 0 Å². The van der Waals surface area contributed by atoms with Gasteiger partial charge in [-0.1, -0.05) is 125 Å². The molecule has 1 aliphatic heterocycles. The van der Waals surface area contributed by atoms with Gasteiger partial charge in [0.05, 0.1) is 18.8 Å². The summed E-state index contributed by atoms with van der Waals surface area (Å²) in [5.41, 5.74) is 0. The van der Waals surface area contributed by atoms with E-state index in [1.54, 1.807) is 0 Å². The number of allylic oxidation sites excluding steroid dienone is 12. The number of epoxide rings is 1. The molecule has 10 atom stereocenters. The number of ether oxygens (including phenoxy) is 3. The molecule has 0 amide bonds. The molecule has 14 nitrogen and oxygen atoms in total. The van der Waals surface area contributed by atoms with Gasteiger partial charge in [-0.3, -0.25) is 18.6 Å². The van der Waals surface area contributed by atoms with E-state index in [9.17, 15) is 44.6 Å². The van der Waals surface area contributed by atoms with Gasteiger partial charge in [0.15, 0.2) is 6.10 Å². The van der Waals surface area contributed by atoms with Crippen LogP contribution in [0, 0.1) is 0 Å². The van der Waals surface area contributed by atoms with Gasteiger partial charge < -0.3 is 44.6 Å². The van der Waals surface area contributed by atoms with Crippen LogP contribution in [0.4, 0.5) is 0 Å². The van der Waals surface area contributed by atoms with Crippen molar-refractivity contribution in [3.63, 3.8) is 0 Å². The molecular formula is C49H79O14P. The zero-order chi connectivity index (χ0) is 46.8. The van der Waals surface area contributed by atoms with Gasteiger partial charge in [-0.15, -0.1) is 0 Å². The van der Waals surface area contributed by atoms with Crippen molar-refractivity contribution >= 4 is 19.8 Å². The lowest BCUT2D eigenvalue weighted by atomic mass is 9.85. The van der Waals surface area contributed by atoms with Gasteiger partial charge in [-0.25, -0.2) is 4.57 Å². The van der Waals surface area contributed by atoms with Gasteiger partial charge in [-0.05, 0) is 89.9 Å². The third-order valence-electron chi connectivity index (χ3n) is 10.6. The molecule has 0 aromatic heterocycles. The number of esters is 2. The lowest BCUT2D eigenvalue weighted by Gasteiger charge is -2.41. The highest BCUT2D eigenvalue weighted by Crippen LogP contribution is 2.47. The van der Waals surface area contributed by atoms with E-state index in [0.717, 1.165) is 51.4 Å². The number of phosphoric ester groups is 1. The highest BCUT2D eigenvalue weighted by Gasteiger charge is 2.51. The van der Waals surface area contributed by atoms with Gasteiger partial charge in [0.1, 0.15) is 43.2 Å². The van der Waals surface area contributed by atoms with E-state index in [4.69, 9.17) is 23.3 Å². The minimum atomic E-state index is -5.16. The topological polar surface area (TPSA) is 222 Å². The second-order valence-electron chi connectivity index (χ2n) is 16.3. The molecule has 0 bridgehead atoms. The molecule has 0 radical (unpaired) electrons. The first kappa shape index (κ1) is 57.1. The molecule has 2 aliphatic rings. The van der Waals surface area contributed by atoms with Crippen molar-refractivity contribution in [1.82, 2.24) is 0 Å². The predicted octanol–water partition coefficient (Wildman–Crippen LogP) is 8.26. The lowest BCUT2D eigenvalue weighted by molar-refractivity contribution is -0.220. The molecule has 15 heteroatoms. The summed E-state index contributed by atoms with van der Waals surface area (Å²) in [6, 6.07) is 0. The average molecular weight is 923 g/mol. The van der Waals surface area contributed by atoms with Crippen LogP contribution in [0.3, 0.4) is 0 Å². The van der Waals surface area contributed by atoms with Gasteiger partial charge in [0, 0.05) is 12.8 Å². The molecular weight excluding hydrogens is 843 g/mol. The number of hydrogen-bond acceptors (Lipinski definition) is 13. The Balaban J connectivity index is 1.76. The molecule has 0 spiro atoms. The summed E-state index contributed by atoms with van der Waals surface area (Å²) in [4.78, 5) is 35.7. The Kier molecular flexibility index (Phi) is 31.4. The molecule has 0 aromatic rings. The summed E-state index contributed by atoms with van der Waals surface area (Å²) in [5, 5.41) is 50.2. The molecule has 6 N–H and O–H groups in total. The second kappa shape index (κ2) is 35.2. The second-order valence-corrected chi connectivity index (χ2v) is 17.7. The number of phosphoric acid groups is 1. The molecule has 64 heavy (non-hydrogen) atoms. The summed E-state index contributed by atoms with van der Waals surface area (Å²) in [5.74, 6) is -1.25. The third kappa shape index (κ3) is 26.8. The Bertz CT molecular complexity index is 1510. The number of hydrogen-bond donors (Lipinski definition) is 6. The normalized spacial score (nSPS) is 25.5. The first-order chi connectivity index (χ1) is 30.9. The largest absolute Gasteiger partial charge is 0.472 e. The van der Waals surface area contributed by atoms with Crippen LogP contribution in [0.5, 0.6) is 0 Å². The average Bonchev–Trinajstić information content (AvgIpc) is 4.03. The maximum absolute atomic E-state index is 12.8. The highest BCUT2D eigenvalue weighted by molar-refractivity contribution is 7.47. The van der Waals surface area contributed by atoms with Crippen molar-refractivity contribution in [3.8, 4) is 0 Å². The Morgan fingerprint density at radius 3 is 1.45 bits per heavy atom. The molecule has 2 rings (SSSR count). The van der Waals surface area contributed by atoms with Crippen LogP contribution in [-0.4, -0.2) is 111 Å². The molecule has 1 heterocycles. The number of aliphatic hydroxyl groups is 5. The molecule has 0 aromatic carbocycles. The first-order valence-corrected chi connectivity index (χ1v) is 25.0. The predicted molar refractivity (Wildman–Crippen MR) is 248 cm³/mol. The van der Waals surface area contributed by atoms with Crippen molar-refractivity contribution in [2.45, 2.75) is 197 Å². The Morgan fingerprint density at radius 2 is 0.953 bits per heavy atom. The van der Waals surface area contributed by atoms with Crippen molar-refractivity contribution in [2.75, 3.05) is 13.2 Å². The molecule has 2 fully saturated rings. The highest BCUT2D eigenvalue weighted by atomic mass is 31.2. The van der Waals surface area contributed by atoms with Crippen LogP contribution in [0.15, 0.2) is 85.1 Å². The van der Waals surface area contributed by atoms with Crippen LogP contribution >= 0.6 is 7.82 Å². The molecule has 1 saturated carbocycles. The summed E-state index contributed by atoms with van der Waals surface area (Å²) < 4.78 is 39.2. The number of unbranched alkanes of at least 4 members (excludes halogenated alkanes) is 8. The van der Waals surface area contributed by atoms with Crippen molar-refractivity contribution in [2.24, 2.45) is 0 Å². The van der Waals surface area contributed by atoms with E-state index in [1.807, 2.05) is 24.3 Å². The van der Waals surface area contributed by atoms with Crippen LogP contribution in [0.1, 0.15) is 142 Å². The standard InChI is InChI=1S/C49H79O14P/c1-3-5-7-9-11-12-13-14-15-16-17-18-19-20-23-27-31-35-42(50)59-37-39(38-60-64(57,58)63-49-47(55)45(53)44(52)46(54)48(49)56)61-43(51)36-32-28-24-21-22-26-30-34-41-40(62-41)33-29-25-10-8-6-4-2/h11-12,14-15,17-18,20-21,23-26,29-30,39-41,44-49,52-56H,3-10,13,16,19,22,27-28,31-38H2,1-2H3,(H,57,58)/b12-11-,15-14-,18-17-,23-20-,24-21-,29-25-,30-26-/t39-,40?,41?,44?,45-,46+,47-,48-,49?/m1/s1. The van der Waals surface area contributed by atoms with E-state index >= 15 is 0 Å². The monoisotopic (exact) mass is 923 g/mol. The molecule has 1 aliphatic carbocycles. The summed E-state index contributed by atoms with van der Waals surface area (Å²) >= 11 is 0. The van der Waals surface area contributed by atoms with E-state index in [1.165, 1.54) is 38.5 Å². The van der Waals surface area contributed by atoms with Crippen LogP contribution in [-0.2, 0) is 37.4 Å². The van der Waals surface area contributed by atoms with Crippen molar-refractivity contribution in [1.29, 1.82) is 0 Å². The quantitative estimate of drug-likeness (QED) is 0.0115. The van der Waals surface area contributed by atoms with Crippen LogP contribution in [0.25, 0.3) is 0 Å². The summed E-state index contributed by atoms with van der Waals surface area (Å²) in [6.07, 6.45) is 33.9. The van der Waals surface area contributed by atoms with E-state index in [2.05, 4.69) is 74.6 Å². The first-order valence-electron chi connectivity index (χ1n) is 23.5. The maximum atomic E-state index is 12.8. The number of carbonyl (C=O) groups is 2. The number of rotatable bonds is 36. The summed E-state index contributed by atoms with van der Waals surface area (Å²) in [6.45, 7) is 3.13. The van der Waals surface area contributed by atoms with Gasteiger partial charge in [-0.2, -0.15) is 0 Å². The Hall–Kier alpha value is -3.01. The lowest BCUT2D eigenvalue weighted by Crippen LogP contribution is -2.64. The third-order valence-corrected chi connectivity index (χ3v) is 11.6. The fourth-order valence-electron chi connectivity index (χ4n) is 6.66. The Labute approximate surface area is 382 Å². The number of aliphatic hydroxyl groups excluding tert-OH is 5. The fraction of sp³-hybridized carbons (Fsp3) is 0.673. The van der Waals surface area contributed by atoms with E-state index < -0.39 is 75.7 Å². The Morgan fingerprint density at radius 1 is 0.547 bits per heavy atom. The van der Waals surface area contributed by atoms with Gasteiger partial charge >= 0.3 is 19.8 Å². The van der Waals surface area contributed by atoms with Crippen LogP contribution in [0.2, 0.25) is 0 Å². The minimum absolute atomic E-state index is 0.000986. The maximum Gasteiger partial charge on any atom is 0.472 e. The van der Waals surface area contributed by atoms with E-state index in [-0.39, 0.29) is 18.9 Å². The van der Waals surface area contributed by atoms with Gasteiger partial charge in [0.25, 0.3) is 0 Å². The van der Waals surface area contributed by atoms with Gasteiger partial charge in [0.2, 0.25) is 0 Å². The zero-order valence-electron chi connectivity index (χ0n) is 38.2. The molecule has 364 valence electrons. The zero-order valence-corrected chi connectivity index (χ0v) is 39.1. The van der Waals surface area contributed by atoms with Crippen molar-refractivity contribution in [3.05, 3.63) is 85.1 Å². The summed E-state index contributed by atoms with van der Waals surface area (Å²) in [7, 11) is -5.16. The van der Waals surface area contributed by atoms with E-state index in [0.29, 0.717) is 31.8 Å².